The minimum atomic E-state index is -0.872. The summed E-state index contributed by atoms with van der Waals surface area (Å²) in [4.78, 5) is 81.7. The van der Waals surface area contributed by atoms with E-state index < -0.39 is 10.2 Å². The number of hydrogen-bond donors (Lipinski definition) is 6. The molecule has 0 fully saturated rings. The van der Waals surface area contributed by atoms with Crippen molar-refractivity contribution in [2.75, 3.05) is 76.9 Å². The Labute approximate surface area is 475 Å². The summed E-state index contributed by atoms with van der Waals surface area (Å²) in [7, 11) is 0. The highest BCUT2D eigenvalue weighted by Crippen LogP contribution is 2.19. The van der Waals surface area contributed by atoms with Gasteiger partial charge in [-0.3, -0.25) is 24.0 Å². The van der Waals surface area contributed by atoms with Crippen LogP contribution in [-0.4, -0.2) is 95.1 Å². The molecule has 0 aliphatic carbocycles. The van der Waals surface area contributed by atoms with Gasteiger partial charge in [-0.25, -0.2) is 0 Å². The minimum absolute atomic E-state index is 0.0616. The Kier molecular flexibility index (Phi) is 37.3. The van der Waals surface area contributed by atoms with Gasteiger partial charge in [0.15, 0.2) is 0 Å². The predicted octanol–water partition coefficient (Wildman–Crippen LogP) is 11.0. The second kappa shape index (κ2) is 42.9. The molecular formula is C54H69Br2N7O16. The van der Waals surface area contributed by atoms with E-state index in [0.717, 1.165) is 70.8 Å². The number of hydrogen-bond acceptors (Lipinski definition) is 16. The minimum Gasteiger partial charge on any atom is -0.508 e. The largest absolute Gasteiger partial charge is 0.508 e. The Balaban J connectivity index is 0.000000499. The van der Waals surface area contributed by atoms with E-state index in [9.17, 15) is 44.2 Å². The zero-order valence-electron chi connectivity index (χ0n) is 44.7. The summed E-state index contributed by atoms with van der Waals surface area (Å²) in [6, 6.07) is 34.7. The van der Waals surface area contributed by atoms with Crippen molar-refractivity contribution in [2.24, 2.45) is 0 Å². The molecule has 5 aromatic rings. The quantitative estimate of drug-likeness (QED) is 0.00936. The maximum absolute atomic E-state index is 10.8. The van der Waals surface area contributed by atoms with Crippen LogP contribution in [0.4, 0.5) is 28.4 Å². The van der Waals surface area contributed by atoms with E-state index in [1.165, 1.54) is 59.6 Å². The molecule has 5 rings (SSSR count). The van der Waals surface area contributed by atoms with Crippen molar-refractivity contribution in [1.29, 1.82) is 0 Å². The van der Waals surface area contributed by atoms with Crippen molar-refractivity contribution in [1.82, 2.24) is 0 Å². The number of unbranched alkanes of at least 4 members (excludes halogenated alkanes) is 4. The van der Waals surface area contributed by atoms with Gasteiger partial charge in [-0.05, 0) is 160 Å². The number of alkyl halides is 2. The topological polar surface area (TPSA) is 307 Å². The van der Waals surface area contributed by atoms with Gasteiger partial charge in [-0.15, -0.1) is 20.2 Å². The maximum Gasteiger partial charge on any atom is 0.294 e. The van der Waals surface area contributed by atoms with Crippen molar-refractivity contribution < 1.29 is 67.9 Å². The van der Waals surface area contributed by atoms with E-state index >= 15 is 0 Å². The number of rotatable bonds is 27. The van der Waals surface area contributed by atoms with Crippen LogP contribution in [-0.2, 0) is 33.6 Å². The van der Waals surface area contributed by atoms with Gasteiger partial charge in [-0.2, -0.15) is 0 Å². The summed E-state index contributed by atoms with van der Waals surface area (Å²) < 4.78 is 21.6. The number of carbonyl (C=O) groups is 5. The number of benzene rings is 5. The summed E-state index contributed by atoms with van der Waals surface area (Å²) in [6.45, 7) is 9.28. The molecule has 430 valence electrons. The normalized spacial score (nSPS) is 9.66. The number of ether oxygens (including phenoxy) is 4. The summed E-state index contributed by atoms with van der Waals surface area (Å²) >= 11 is 6.67. The molecule has 0 unspecified atom stereocenters. The Morgan fingerprint density at radius 1 is 0.380 bits per heavy atom. The number of carbonyl (C=O) groups excluding carboxylic acids is 5. The van der Waals surface area contributed by atoms with Gasteiger partial charge in [0.1, 0.15) is 42.0 Å². The van der Waals surface area contributed by atoms with Gasteiger partial charge in [0, 0.05) is 73.7 Å². The number of aromatic hydroxyl groups is 1. The average Bonchev–Trinajstić information content (AvgIpc) is 3.39. The molecule has 23 nitrogen and oxygen atoms in total. The summed E-state index contributed by atoms with van der Waals surface area (Å²) in [5.74, 6) is 2.60. The summed E-state index contributed by atoms with van der Waals surface area (Å²) in [6.07, 6.45) is 5.66. The van der Waals surface area contributed by atoms with E-state index in [-0.39, 0.29) is 55.1 Å². The highest BCUT2D eigenvalue weighted by Gasteiger charge is 2.03. The molecule has 0 bridgehead atoms. The van der Waals surface area contributed by atoms with Crippen molar-refractivity contribution in [2.45, 2.75) is 73.1 Å². The fourth-order valence-corrected chi connectivity index (χ4v) is 6.36. The van der Waals surface area contributed by atoms with E-state index in [1.54, 1.807) is 60.7 Å². The molecule has 0 atom stereocenters. The smallest absolute Gasteiger partial charge is 0.294 e. The molecule has 0 saturated heterocycles. The molecule has 25 heteroatoms. The van der Waals surface area contributed by atoms with Crippen LogP contribution in [0.3, 0.4) is 0 Å². The SMILES string of the molecule is CC(=O)Nc1ccc(O)cc1.CC(=O)Nc1ccc(OCCBr)cc1.CC(=O)Nc1ccc(OCCCCCBr)cc1.CC(=O)Nc1ccc(OCCCCCO[N+](=O)[O-])cc1.CC(=O)Nc1ccc(OCCO[N+](=O)[O-])cc1. The van der Waals surface area contributed by atoms with E-state index in [0.29, 0.717) is 36.8 Å². The third-order valence-corrected chi connectivity index (χ3v) is 9.97. The van der Waals surface area contributed by atoms with Crippen LogP contribution in [0.1, 0.15) is 73.1 Å². The van der Waals surface area contributed by atoms with Crippen molar-refractivity contribution >= 4 is 89.8 Å². The summed E-state index contributed by atoms with van der Waals surface area (Å²) in [5.41, 5.74) is 3.65. The van der Waals surface area contributed by atoms with E-state index in [4.69, 9.17) is 24.1 Å². The predicted molar refractivity (Wildman–Crippen MR) is 309 cm³/mol. The van der Waals surface area contributed by atoms with Crippen LogP contribution in [0.5, 0.6) is 28.7 Å². The molecular weight excluding hydrogens is 1160 g/mol. The first kappa shape index (κ1) is 68.8. The number of anilines is 5. The molecule has 79 heavy (non-hydrogen) atoms. The van der Waals surface area contributed by atoms with E-state index in [1.807, 2.05) is 48.5 Å². The standard InChI is InChI=1S/C13H18BrNO2.C13H18N2O5.C10H12BrNO2.C10H12N2O5.C8H9NO2/c1-11(16)15-12-5-7-13(8-6-12)17-10-4-2-3-9-14;1-11(16)14-12-5-7-13(8-6-12)19-9-3-2-4-10-20-15(17)18;1-8(13)12-9-2-4-10(5-3-9)14-7-6-11;1-8(13)11-9-2-4-10(5-3-9)16-6-7-17-12(14)15;1-6(10)9-7-2-4-8(11)5-3-7/h5-8H,2-4,9-10H2,1H3,(H,15,16);5-8H,2-4,9-10H2,1H3,(H,14,16);2-5H,6-7H2,1H3,(H,12,13);2-5H,6-7H2,1H3,(H,11,13);2-5,11H,1H3,(H,9,10). The maximum atomic E-state index is 10.8. The zero-order chi connectivity index (χ0) is 58.6. The second-order valence-electron chi connectivity index (χ2n) is 16.1. The molecule has 0 aliphatic heterocycles. The van der Waals surface area contributed by atoms with Gasteiger partial charge in [0.25, 0.3) is 10.2 Å². The number of phenolic OH excluding ortho intramolecular Hbond substituents is 1. The number of nitrogens with zero attached hydrogens (tertiary/aromatic N) is 2. The van der Waals surface area contributed by atoms with Crippen LogP contribution in [0, 0.1) is 20.2 Å². The van der Waals surface area contributed by atoms with Crippen molar-refractivity contribution in [3.8, 4) is 28.7 Å². The highest BCUT2D eigenvalue weighted by atomic mass is 79.9. The molecule has 6 N–H and O–H groups in total. The number of amides is 5. The highest BCUT2D eigenvalue weighted by molar-refractivity contribution is 9.09. The molecule has 0 aromatic heterocycles. The zero-order valence-corrected chi connectivity index (χ0v) is 47.8. The molecule has 0 saturated carbocycles. The fourth-order valence-electron chi connectivity index (χ4n) is 5.80. The van der Waals surface area contributed by atoms with Gasteiger partial charge in [0.2, 0.25) is 29.5 Å². The van der Waals surface area contributed by atoms with Gasteiger partial charge >= 0.3 is 0 Å². The van der Waals surface area contributed by atoms with Gasteiger partial charge < -0.3 is 60.3 Å². The Bertz CT molecular complexity index is 2530. The van der Waals surface area contributed by atoms with Gasteiger partial charge in [0.05, 0.1) is 26.4 Å². The number of phenols is 1. The van der Waals surface area contributed by atoms with Crippen molar-refractivity contribution in [3.63, 3.8) is 0 Å². The first-order chi connectivity index (χ1) is 37.8. The van der Waals surface area contributed by atoms with Crippen molar-refractivity contribution in [3.05, 3.63) is 142 Å². The number of nitrogens with one attached hydrogen (secondary N) is 5. The molecule has 0 spiro atoms. The lowest BCUT2D eigenvalue weighted by Gasteiger charge is -2.07. The Morgan fingerprint density at radius 3 is 0.937 bits per heavy atom. The van der Waals surface area contributed by atoms with Gasteiger partial charge in [-0.1, -0.05) is 31.9 Å². The Morgan fingerprint density at radius 2 is 0.646 bits per heavy atom. The second-order valence-corrected chi connectivity index (χ2v) is 17.6. The Hall–Kier alpha value is -8.19. The van der Waals surface area contributed by atoms with Crippen LogP contribution >= 0.6 is 31.9 Å². The lowest BCUT2D eigenvalue weighted by Crippen LogP contribution is -2.10. The summed E-state index contributed by atoms with van der Waals surface area (Å²) in [5, 5.41) is 42.1. The lowest BCUT2D eigenvalue weighted by molar-refractivity contribution is -0.757. The third kappa shape index (κ3) is 39.8. The number of halogens is 2. The molecule has 0 aliphatic rings. The molecule has 5 aromatic carbocycles. The molecule has 0 radical (unpaired) electrons. The monoisotopic (exact) mass is 1230 g/mol. The molecule has 0 heterocycles. The lowest BCUT2D eigenvalue weighted by atomic mass is 10.2. The molecule has 5 amide bonds. The van der Waals surface area contributed by atoms with E-state index in [2.05, 4.69) is 68.1 Å². The average molecular weight is 1230 g/mol. The van der Waals surface area contributed by atoms with Crippen LogP contribution < -0.4 is 45.5 Å². The first-order valence-corrected chi connectivity index (χ1v) is 26.8. The fraction of sp³-hybridized carbons (Fsp3) is 0.352. The van der Waals surface area contributed by atoms with Crippen LogP contribution in [0.2, 0.25) is 0 Å². The third-order valence-electron chi connectivity index (χ3n) is 9.08. The van der Waals surface area contributed by atoms with Crippen LogP contribution in [0.25, 0.3) is 0 Å². The van der Waals surface area contributed by atoms with Crippen LogP contribution in [0.15, 0.2) is 121 Å². The first-order valence-electron chi connectivity index (χ1n) is 24.5.